The van der Waals surface area contributed by atoms with Gasteiger partial charge in [-0.25, -0.2) is 4.39 Å². The summed E-state index contributed by atoms with van der Waals surface area (Å²) in [6.07, 6.45) is 0. The van der Waals surface area contributed by atoms with Gasteiger partial charge in [-0.2, -0.15) is 0 Å². The zero-order valence-corrected chi connectivity index (χ0v) is 10.3. The fraction of sp³-hybridized carbons (Fsp3) is 0.133. The van der Waals surface area contributed by atoms with Gasteiger partial charge >= 0.3 is 0 Å². The molecule has 0 atom stereocenters. The van der Waals surface area contributed by atoms with Crippen LogP contribution < -0.4 is 5.32 Å². The quantitative estimate of drug-likeness (QED) is 0.856. The van der Waals surface area contributed by atoms with Crippen molar-refractivity contribution in [3.63, 3.8) is 0 Å². The van der Waals surface area contributed by atoms with E-state index in [1.54, 1.807) is 18.2 Å². The maximum Gasteiger partial charge on any atom is 0.255 e. The van der Waals surface area contributed by atoms with Crippen LogP contribution in [0.4, 0.5) is 10.1 Å². The molecule has 2 aromatic carbocycles. The summed E-state index contributed by atoms with van der Waals surface area (Å²) in [5.41, 5.74) is 3.22. The van der Waals surface area contributed by atoms with Crippen LogP contribution in [0.3, 0.4) is 0 Å². The summed E-state index contributed by atoms with van der Waals surface area (Å²) < 4.78 is 13.0. The summed E-state index contributed by atoms with van der Waals surface area (Å²) in [6, 6.07) is 11.3. The van der Waals surface area contributed by atoms with Gasteiger partial charge in [0.25, 0.3) is 5.91 Å². The molecule has 0 aliphatic heterocycles. The highest BCUT2D eigenvalue weighted by Gasteiger charge is 2.07. The highest BCUT2D eigenvalue weighted by molar-refractivity contribution is 6.04. The first-order chi connectivity index (χ1) is 8.56. The smallest absolute Gasteiger partial charge is 0.255 e. The van der Waals surface area contributed by atoms with Crippen LogP contribution in [-0.2, 0) is 0 Å². The molecule has 1 N–H and O–H groups in total. The molecule has 2 aromatic rings. The molecular formula is C15H14FNO. The van der Waals surface area contributed by atoms with Gasteiger partial charge in [-0.1, -0.05) is 12.1 Å². The molecule has 0 fully saturated rings. The van der Waals surface area contributed by atoms with Crippen molar-refractivity contribution in [2.24, 2.45) is 0 Å². The van der Waals surface area contributed by atoms with Crippen molar-refractivity contribution in [2.45, 2.75) is 13.8 Å². The summed E-state index contributed by atoms with van der Waals surface area (Å²) >= 11 is 0. The molecule has 1 amide bonds. The van der Waals surface area contributed by atoms with Gasteiger partial charge in [-0.3, -0.25) is 4.79 Å². The van der Waals surface area contributed by atoms with Crippen LogP contribution in [0.1, 0.15) is 21.5 Å². The van der Waals surface area contributed by atoms with Crippen molar-refractivity contribution < 1.29 is 9.18 Å². The third kappa shape index (κ3) is 2.74. The molecule has 0 saturated heterocycles. The van der Waals surface area contributed by atoms with Crippen molar-refractivity contribution in [3.8, 4) is 0 Å². The number of anilines is 1. The summed E-state index contributed by atoms with van der Waals surface area (Å²) in [7, 11) is 0. The van der Waals surface area contributed by atoms with E-state index in [4.69, 9.17) is 0 Å². The molecule has 0 aliphatic carbocycles. The average Bonchev–Trinajstić information content (AvgIpc) is 2.32. The standard InChI is InChI=1S/C15H14FNO/c1-10-6-7-12(8-11(10)2)15(18)17-14-5-3-4-13(16)9-14/h3-9H,1-2H3,(H,17,18). The Hall–Kier alpha value is -2.16. The van der Waals surface area contributed by atoms with Crippen molar-refractivity contribution in [2.75, 3.05) is 5.32 Å². The Balaban J connectivity index is 2.19. The summed E-state index contributed by atoms with van der Waals surface area (Å²) in [5.74, 6) is -0.600. The molecule has 18 heavy (non-hydrogen) atoms. The fourth-order valence-electron chi connectivity index (χ4n) is 1.65. The Kier molecular flexibility index (Phi) is 3.42. The minimum Gasteiger partial charge on any atom is -0.322 e. The Morgan fingerprint density at radius 3 is 2.50 bits per heavy atom. The molecule has 3 heteroatoms. The van der Waals surface area contributed by atoms with Crippen molar-refractivity contribution in [1.29, 1.82) is 0 Å². The zero-order chi connectivity index (χ0) is 13.1. The number of rotatable bonds is 2. The number of nitrogens with one attached hydrogen (secondary N) is 1. The molecule has 0 unspecified atom stereocenters. The number of benzene rings is 2. The van der Waals surface area contributed by atoms with Gasteiger partial charge in [0.1, 0.15) is 5.82 Å². The van der Waals surface area contributed by atoms with Gasteiger partial charge in [-0.05, 0) is 55.3 Å². The summed E-state index contributed by atoms with van der Waals surface area (Å²) in [5, 5.41) is 2.67. The minimum atomic E-state index is -0.368. The van der Waals surface area contributed by atoms with Crippen molar-refractivity contribution >= 4 is 11.6 Å². The lowest BCUT2D eigenvalue weighted by Crippen LogP contribution is -2.12. The molecule has 0 saturated carbocycles. The van der Waals surface area contributed by atoms with Gasteiger partial charge in [0, 0.05) is 11.3 Å². The third-order valence-corrected chi connectivity index (χ3v) is 2.85. The number of halogens is 1. The van der Waals surface area contributed by atoms with E-state index in [2.05, 4.69) is 5.32 Å². The molecule has 0 aliphatic rings. The highest BCUT2D eigenvalue weighted by Crippen LogP contribution is 2.13. The monoisotopic (exact) mass is 243 g/mol. The number of carbonyl (C=O) groups is 1. The molecule has 0 bridgehead atoms. The van der Waals surface area contributed by atoms with Gasteiger partial charge < -0.3 is 5.32 Å². The van der Waals surface area contributed by atoms with Crippen molar-refractivity contribution in [1.82, 2.24) is 0 Å². The molecule has 0 radical (unpaired) electrons. The lowest BCUT2D eigenvalue weighted by atomic mass is 10.1. The zero-order valence-electron chi connectivity index (χ0n) is 10.3. The van der Waals surface area contributed by atoms with E-state index in [0.717, 1.165) is 11.1 Å². The molecule has 0 heterocycles. The van der Waals surface area contributed by atoms with Crippen LogP contribution in [-0.4, -0.2) is 5.91 Å². The second kappa shape index (κ2) is 5.00. The molecule has 0 aromatic heterocycles. The topological polar surface area (TPSA) is 29.1 Å². The first-order valence-electron chi connectivity index (χ1n) is 5.70. The van der Waals surface area contributed by atoms with E-state index in [1.165, 1.54) is 12.1 Å². The van der Waals surface area contributed by atoms with E-state index in [0.29, 0.717) is 11.3 Å². The van der Waals surface area contributed by atoms with E-state index in [1.807, 2.05) is 26.0 Å². The predicted molar refractivity (Wildman–Crippen MR) is 70.3 cm³/mol. The van der Waals surface area contributed by atoms with Crippen LogP contribution in [0.5, 0.6) is 0 Å². The van der Waals surface area contributed by atoms with Crippen LogP contribution >= 0.6 is 0 Å². The van der Waals surface area contributed by atoms with E-state index in [9.17, 15) is 9.18 Å². The predicted octanol–water partition coefficient (Wildman–Crippen LogP) is 3.69. The Bertz CT molecular complexity index is 593. The Morgan fingerprint density at radius 2 is 1.83 bits per heavy atom. The van der Waals surface area contributed by atoms with Crippen molar-refractivity contribution in [3.05, 3.63) is 65.0 Å². The molecular weight excluding hydrogens is 229 g/mol. The average molecular weight is 243 g/mol. The number of hydrogen-bond donors (Lipinski definition) is 1. The molecule has 92 valence electrons. The highest BCUT2D eigenvalue weighted by atomic mass is 19.1. The number of amides is 1. The van der Waals surface area contributed by atoms with Gasteiger partial charge in [0.05, 0.1) is 0 Å². The fourth-order valence-corrected chi connectivity index (χ4v) is 1.65. The molecule has 2 nitrogen and oxygen atoms in total. The number of carbonyl (C=O) groups excluding carboxylic acids is 1. The molecule has 0 spiro atoms. The Morgan fingerprint density at radius 1 is 1.06 bits per heavy atom. The molecule has 2 rings (SSSR count). The normalized spacial score (nSPS) is 10.2. The third-order valence-electron chi connectivity index (χ3n) is 2.85. The van der Waals surface area contributed by atoms with Crippen LogP contribution in [0.25, 0.3) is 0 Å². The number of aryl methyl sites for hydroxylation is 2. The largest absolute Gasteiger partial charge is 0.322 e. The number of hydrogen-bond acceptors (Lipinski definition) is 1. The van der Waals surface area contributed by atoms with Crippen LogP contribution in [0.2, 0.25) is 0 Å². The van der Waals surface area contributed by atoms with Crippen LogP contribution in [0, 0.1) is 19.7 Å². The summed E-state index contributed by atoms with van der Waals surface area (Å²) in [4.78, 5) is 12.0. The van der Waals surface area contributed by atoms with Gasteiger partial charge in [-0.15, -0.1) is 0 Å². The second-order valence-corrected chi connectivity index (χ2v) is 4.26. The Labute approximate surface area is 105 Å². The summed E-state index contributed by atoms with van der Waals surface area (Å²) in [6.45, 7) is 3.94. The lowest BCUT2D eigenvalue weighted by Gasteiger charge is -2.07. The first-order valence-corrected chi connectivity index (χ1v) is 5.70. The maximum absolute atomic E-state index is 13.0. The SMILES string of the molecule is Cc1ccc(C(=O)Nc2cccc(F)c2)cc1C. The maximum atomic E-state index is 13.0. The minimum absolute atomic E-state index is 0.233. The van der Waals surface area contributed by atoms with Gasteiger partial charge in [0.15, 0.2) is 0 Å². The van der Waals surface area contributed by atoms with E-state index < -0.39 is 0 Å². The van der Waals surface area contributed by atoms with Crippen LogP contribution in [0.15, 0.2) is 42.5 Å². The van der Waals surface area contributed by atoms with E-state index >= 15 is 0 Å². The van der Waals surface area contributed by atoms with E-state index in [-0.39, 0.29) is 11.7 Å². The van der Waals surface area contributed by atoms with Gasteiger partial charge in [0.2, 0.25) is 0 Å². The lowest BCUT2D eigenvalue weighted by molar-refractivity contribution is 0.102. The second-order valence-electron chi connectivity index (χ2n) is 4.26. The first kappa shape index (κ1) is 12.3.